The quantitative estimate of drug-likeness (QED) is 0.630. The van der Waals surface area contributed by atoms with E-state index in [1.54, 1.807) is 0 Å². The summed E-state index contributed by atoms with van der Waals surface area (Å²) in [6, 6.07) is 0.166. The minimum Gasteiger partial charge on any atom is -0.271 e. The lowest BCUT2D eigenvalue weighted by atomic mass is 9.84. The fraction of sp³-hybridized carbons (Fsp3) is 0.727. The fourth-order valence-electron chi connectivity index (χ4n) is 1.71. The van der Waals surface area contributed by atoms with Crippen molar-refractivity contribution in [2.24, 2.45) is 18.3 Å². The Morgan fingerprint density at radius 1 is 1.50 bits per heavy atom. The van der Waals surface area contributed by atoms with Gasteiger partial charge in [-0.1, -0.05) is 32.4 Å². The van der Waals surface area contributed by atoms with Crippen LogP contribution < -0.4 is 11.3 Å². The van der Waals surface area contributed by atoms with Gasteiger partial charge < -0.3 is 0 Å². The second kappa shape index (κ2) is 4.73. The van der Waals surface area contributed by atoms with Crippen LogP contribution in [0, 0.1) is 12.3 Å². The van der Waals surface area contributed by atoms with E-state index in [4.69, 9.17) is 17.4 Å². The van der Waals surface area contributed by atoms with Crippen molar-refractivity contribution >= 4 is 11.6 Å². The maximum atomic E-state index is 6.21. The molecule has 0 radical (unpaired) electrons. The standard InChI is InChI=1S/C11H21ClN4/c1-7-10(12)8(16(5)15-7)6-9(14-13)11(2,3)4/h9,14H,6,13H2,1-5H3. The molecule has 0 aliphatic rings. The van der Waals surface area contributed by atoms with Gasteiger partial charge >= 0.3 is 0 Å². The van der Waals surface area contributed by atoms with Crippen LogP contribution in [0.1, 0.15) is 32.2 Å². The van der Waals surface area contributed by atoms with Crippen molar-refractivity contribution in [2.45, 2.75) is 40.2 Å². The molecular formula is C11H21ClN4. The number of aromatic nitrogens is 2. The van der Waals surface area contributed by atoms with Crippen LogP contribution in [-0.4, -0.2) is 15.8 Å². The lowest BCUT2D eigenvalue weighted by Gasteiger charge is -2.30. The first kappa shape index (κ1) is 13.5. The predicted molar refractivity (Wildman–Crippen MR) is 67.2 cm³/mol. The van der Waals surface area contributed by atoms with Crippen LogP contribution in [0.2, 0.25) is 5.02 Å². The Kier molecular flexibility index (Phi) is 3.99. The number of nitrogens with one attached hydrogen (secondary N) is 1. The van der Waals surface area contributed by atoms with Crippen LogP contribution in [0.4, 0.5) is 0 Å². The molecule has 16 heavy (non-hydrogen) atoms. The summed E-state index contributed by atoms with van der Waals surface area (Å²) >= 11 is 6.21. The Morgan fingerprint density at radius 2 is 2.06 bits per heavy atom. The van der Waals surface area contributed by atoms with Crippen molar-refractivity contribution in [1.29, 1.82) is 0 Å². The summed E-state index contributed by atoms with van der Waals surface area (Å²) in [5.41, 5.74) is 4.82. The molecule has 0 amide bonds. The Bertz CT molecular complexity index is 365. The van der Waals surface area contributed by atoms with E-state index in [1.807, 2.05) is 18.7 Å². The smallest absolute Gasteiger partial charge is 0.0847 e. The summed E-state index contributed by atoms with van der Waals surface area (Å²) in [5.74, 6) is 5.59. The first-order chi connectivity index (χ1) is 7.27. The second-order valence-electron chi connectivity index (χ2n) is 5.26. The van der Waals surface area contributed by atoms with Crippen molar-refractivity contribution in [1.82, 2.24) is 15.2 Å². The molecule has 1 unspecified atom stereocenters. The topological polar surface area (TPSA) is 55.9 Å². The van der Waals surface area contributed by atoms with Gasteiger partial charge in [-0.05, 0) is 12.3 Å². The number of rotatable bonds is 3. The highest BCUT2D eigenvalue weighted by Crippen LogP contribution is 2.26. The molecule has 5 heteroatoms. The molecule has 1 heterocycles. The van der Waals surface area contributed by atoms with Crippen molar-refractivity contribution in [3.63, 3.8) is 0 Å². The van der Waals surface area contributed by atoms with Gasteiger partial charge in [-0.2, -0.15) is 5.10 Å². The Morgan fingerprint density at radius 3 is 2.38 bits per heavy atom. The van der Waals surface area contributed by atoms with Gasteiger partial charge in [0.15, 0.2) is 0 Å². The van der Waals surface area contributed by atoms with Gasteiger partial charge in [0.05, 0.1) is 16.4 Å². The normalized spacial score (nSPS) is 14.2. The van der Waals surface area contributed by atoms with Gasteiger partial charge in [0, 0.05) is 19.5 Å². The van der Waals surface area contributed by atoms with Gasteiger partial charge in [0.25, 0.3) is 0 Å². The maximum Gasteiger partial charge on any atom is 0.0847 e. The molecule has 4 nitrogen and oxygen atoms in total. The average molecular weight is 245 g/mol. The van der Waals surface area contributed by atoms with Crippen molar-refractivity contribution in [3.8, 4) is 0 Å². The molecule has 0 saturated heterocycles. The molecule has 1 aromatic heterocycles. The molecule has 92 valence electrons. The molecule has 0 bridgehead atoms. The monoisotopic (exact) mass is 244 g/mol. The van der Waals surface area contributed by atoms with Crippen LogP contribution in [-0.2, 0) is 13.5 Å². The third-order valence-corrected chi connectivity index (χ3v) is 3.40. The van der Waals surface area contributed by atoms with Gasteiger partial charge in [-0.25, -0.2) is 0 Å². The zero-order valence-electron chi connectivity index (χ0n) is 10.6. The minimum atomic E-state index is 0.0796. The molecule has 3 N–H and O–H groups in total. The summed E-state index contributed by atoms with van der Waals surface area (Å²) < 4.78 is 1.83. The molecule has 0 aromatic carbocycles. The van der Waals surface area contributed by atoms with E-state index in [-0.39, 0.29) is 11.5 Å². The molecule has 1 atom stereocenters. The average Bonchev–Trinajstić information content (AvgIpc) is 2.37. The molecule has 0 fully saturated rings. The van der Waals surface area contributed by atoms with Crippen molar-refractivity contribution < 1.29 is 0 Å². The highest BCUT2D eigenvalue weighted by atomic mass is 35.5. The van der Waals surface area contributed by atoms with Crippen LogP contribution in [0.5, 0.6) is 0 Å². The van der Waals surface area contributed by atoms with Gasteiger partial charge in [-0.15, -0.1) is 0 Å². The zero-order valence-corrected chi connectivity index (χ0v) is 11.4. The maximum absolute atomic E-state index is 6.21. The summed E-state index contributed by atoms with van der Waals surface area (Å²) in [6.07, 6.45) is 0.774. The number of hydrogen-bond donors (Lipinski definition) is 2. The van der Waals surface area contributed by atoms with E-state index in [0.717, 1.165) is 22.8 Å². The lowest BCUT2D eigenvalue weighted by Crippen LogP contribution is -2.46. The second-order valence-corrected chi connectivity index (χ2v) is 5.64. The van der Waals surface area contributed by atoms with E-state index in [0.29, 0.717) is 0 Å². The lowest BCUT2D eigenvalue weighted by molar-refractivity contribution is 0.265. The Hall–Kier alpha value is -0.580. The van der Waals surface area contributed by atoms with Crippen molar-refractivity contribution in [2.75, 3.05) is 0 Å². The molecule has 1 aromatic rings. The number of nitrogens with two attached hydrogens (primary N) is 1. The Balaban J connectivity index is 2.95. The summed E-state index contributed by atoms with van der Waals surface area (Å²) in [7, 11) is 1.91. The number of halogens is 1. The third kappa shape index (κ3) is 2.75. The number of hydrazine groups is 1. The first-order valence-electron chi connectivity index (χ1n) is 5.41. The van der Waals surface area contributed by atoms with Crippen LogP contribution >= 0.6 is 11.6 Å². The highest BCUT2D eigenvalue weighted by molar-refractivity contribution is 6.31. The summed E-state index contributed by atoms with van der Waals surface area (Å²) in [6.45, 7) is 8.35. The van der Waals surface area contributed by atoms with E-state index in [2.05, 4.69) is 31.3 Å². The molecule has 0 aliphatic carbocycles. The number of hydrogen-bond acceptors (Lipinski definition) is 3. The van der Waals surface area contributed by atoms with E-state index in [9.17, 15) is 0 Å². The van der Waals surface area contributed by atoms with E-state index in [1.165, 1.54) is 0 Å². The van der Waals surface area contributed by atoms with E-state index < -0.39 is 0 Å². The SMILES string of the molecule is Cc1nn(C)c(CC(NN)C(C)(C)C)c1Cl. The largest absolute Gasteiger partial charge is 0.271 e. The zero-order chi connectivity index (χ0) is 12.5. The molecule has 0 saturated carbocycles. The van der Waals surface area contributed by atoms with Crippen molar-refractivity contribution in [3.05, 3.63) is 16.4 Å². The fourth-order valence-corrected chi connectivity index (χ4v) is 1.95. The van der Waals surface area contributed by atoms with Gasteiger partial charge in [0.2, 0.25) is 0 Å². The minimum absolute atomic E-state index is 0.0796. The number of aryl methyl sites for hydroxylation is 2. The Labute approximate surface area is 102 Å². The highest BCUT2D eigenvalue weighted by Gasteiger charge is 2.26. The molecule has 0 aliphatic heterocycles. The molecule has 0 spiro atoms. The summed E-state index contributed by atoms with van der Waals surface area (Å²) in [4.78, 5) is 0. The first-order valence-corrected chi connectivity index (χ1v) is 5.79. The number of nitrogens with zero attached hydrogens (tertiary/aromatic N) is 2. The molecular weight excluding hydrogens is 224 g/mol. The van der Waals surface area contributed by atoms with Gasteiger partial charge in [0.1, 0.15) is 0 Å². The van der Waals surface area contributed by atoms with Crippen LogP contribution in [0.3, 0.4) is 0 Å². The van der Waals surface area contributed by atoms with E-state index >= 15 is 0 Å². The van der Waals surface area contributed by atoms with Gasteiger partial charge in [-0.3, -0.25) is 16.0 Å². The predicted octanol–water partition coefficient (Wildman–Crippen LogP) is 1.80. The van der Waals surface area contributed by atoms with Crippen LogP contribution in [0.25, 0.3) is 0 Å². The molecule has 1 rings (SSSR count). The third-order valence-electron chi connectivity index (χ3n) is 2.91. The summed E-state index contributed by atoms with van der Waals surface area (Å²) in [5, 5.41) is 5.04. The van der Waals surface area contributed by atoms with Crippen LogP contribution in [0.15, 0.2) is 0 Å².